The van der Waals surface area contributed by atoms with Gasteiger partial charge in [0.1, 0.15) is 0 Å². The van der Waals surface area contributed by atoms with Crippen LogP contribution in [0.5, 0.6) is 0 Å². The van der Waals surface area contributed by atoms with Crippen molar-refractivity contribution in [1.29, 1.82) is 0 Å². The molecule has 4 nitrogen and oxygen atoms in total. The van der Waals surface area contributed by atoms with Crippen LogP contribution in [0.1, 0.15) is 10.4 Å². The van der Waals surface area contributed by atoms with Crippen LogP contribution in [0.4, 0.5) is 0 Å². The zero-order chi connectivity index (χ0) is 17.9. The molecule has 0 unspecified atom stereocenters. The second-order valence-corrected chi connectivity index (χ2v) is 5.81. The van der Waals surface area contributed by atoms with Crippen LogP contribution in [0.15, 0.2) is 89.5 Å². The number of carbonyl (C=O) groups is 1. The number of nitrogens with zero attached hydrogens (tertiary/aromatic N) is 1. The van der Waals surface area contributed by atoms with E-state index in [1.54, 1.807) is 24.4 Å². The van der Waals surface area contributed by atoms with Crippen molar-refractivity contribution in [2.45, 2.75) is 0 Å². The first-order chi connectivity index (χ1) is 12.7. The Morgan fingerprint density at radius 1 is 0.769 bits per heavy atom. The molecule has 4 aromatic rings. The average molecular weight is 340 g/mol. The second kappa shape index (κ2) is 6.69. The number of carboxylic acids is 1. The highest BCUT2D eigenvalue weighted by atomic mass is 16.4. The Labute approximate surface area is 150 Å². The average Bonchev–Trinajstić information content (AvgIpc) is 3.19. The maximum absolute atomic E-state index is 11.3. The van der Waals surface area contributed by atoms with Crippen LogP contribution in [-0.4, -0.2) is 11.0 Å². The Hall–Kier alpha value is -3.66. The van der Waals surface area contributed by atoms with Gasteiger partial charge >= 0.3 is 0 Å². The van der Waals surface area contributed by atoms with Gasteiger partial charge in [-0.1, -0.05) is 72.8 Å². The maximum Gasteiger partial charge on any atom is 0.227 e. The fourth-order valence-corrected chi connectivity index (χ4v) is 2.84. The number of hydrogen-bond donors (Lipinski definition) is 0. The zero-order valence-electron chi connectivity index (χ0n) is 13.8. The van der Waals surface area contributed by atoms with Crippen molar-refractivity contribution in [1.82, 2.24) is 4.98 Å². The highest BCUT2D eigenvalue weighted by Gasteiger charge is 2.12. The number of aromatic carboxylic acids is 1. The number of oxazole rings is 1. The van der Waals surface area contributed by atoms with E-state index in [2.05, 4.69) is 17.1 Å². The topological polar surface area (TPSA) is 66.2 Å². The molecule has 0 aliphatic heterocycles. The fraction of sp³-hybridized carbons (Fsp3) is 0. The molecular formula is C22H14NO3-. The first-order valence-electron chi connectivity index (χ1n) is 8.15. The third kappa shape index (κ3) is 3.00. The van der Waals surface area contributed by atoms with E-state index in [1.165, 1.54) is 6.07 Å². The number of carbonyl (C=O) groups excluding carboxylic acids is 1. The van der Waals surface area contributed by atoms with E-state index in [0.717, 1.165) is 16.7 Å². The van der Waals surface area contributed by atoms with E-state index in [-0.39, 0.29) is 11.5 Å². The van der Waals surface area contributed by atoms with Gasteiger partial charge in [0, 0.05) is 16.7 Å². The van der Waals surface area contributed by atoms with Gasteiger partial charge in [0.2, 0.25) is 5.89 Å². The van der Waals surface area contributed by atoms with Crippen LogP contribution in [-0.2, 0) is 0 Å². The monoisotopic (exact) mass is 340 g/mol. The zero-order valence-corrected chi connectivity index (χ0v) is 13.8. The highest BCUT2D eigenvalue weighted by molar-refractivity contribution is 5.93. The molecule has 0 atom stereocenters. The lowest BCUT2D eigenvalue weighted by Gasteiger charge is -2.06. The molecule has 0 saturated heterocycles. The molecule has 0 bridgehead atoms. The molecule has 0 aliphatic rings. The Morgan fingerprint density at radius 3 is 2.12 bits per heavy atom. The Kier molecular flexibility index (Phi) is 4.07. The number of aromatic nitrogens is 1. The summed E-state index contributed by atoms with van der Waals surface area (Å²) in [6, 6.07) is 24.5. The third-order valence-electron chi connectivity index (χ3n) is 4.16. The van der Waals surface area contributed by atoms with Crippen LogP contribution in [0.25, 0.3) is 33.9 Å². The normalized spacial score (nSPS) is 10.6. The summed E-state index contributed by atoms with van der Waals surface area (Å²) < 4.78 is 5.79. The standard InChI is InChI=1S/C22H15NO3/c24-22(25)19-9-5-4-8-18(19)21-23-14-20(26-21)17-12-10-16(11-13-17)15-6-2-1-3-7-15/h1-14H,(H,24,25)/p-1. The first-order valence-corrected chi connectivity index (χ1v) is 8.15. The lowest BCUT2D eigenvalue weighted by molar-refractivity contribution is -0.254. The van der Waals surface area contributed by atoms with Crippen LogP contribution < -0.4 is 5.11 Å². The van der Waals surface area contributed by atoms with Gasteiger partial charge in [-0.05, 0) is 17.2 Å². The molecule has 1 heterocycles. The summed E-state index contributed by atoms with van der Waals surface area (Å²) >= 11 is 0. The summed E-state index contributed by atoms with van der Waals surface area (Å²) in [5.41, 5.74) is 3.57. The smallest absolute Gasteiger partial charge is 0.227 e. The van der Waals surface area contributed by atoms with Gasteiger partial charge in [0.15, 0.2) is 5.76 Å². The van der Waals surface area contributed by atoms with Crippen molar-refractivity contribution in [3.8, 4) is 33.9 Å². The lowest BCUT2D eigenvalue weighted by atomic mass is 10.0. The van der Waals surface area contributed by atoms with E-state index >= 15 is 0 Å². The molecule has 126 valence electrons. The molecular weight excluding hydrogens is 326 g/mol. The molecule has 3 aromatic carbocycles. The summed E-state index contributed by atoms with van der Waals surface area (Å²) in [5.74, 6) is -0.424. The summed E-state index contributed by atoms with van der Waals surface area (Å²) in [6.07, 6.45) is 1.60. The van der Waals surface area contributed by atoms with Gasteiger partial charge in [0.05, 0.1) is 12.2 Å². The Bertz CT molecular complexity index is 1050. The predicted molar refractivity (Wildman–Crippen MR) is 97.1 cm³/mol. The van der Waals surface area contributed by atoms with E-state index in [1.807, 2.05) is 42.5 Å². The van der Waals surface area contributed by atoms with Crippen molar-refractivity contribution in [3.05, 3.63) is 90.6 Å². The van der Waals surface area contributed by atoms with E-state index in [0.29, 0.717) is 11.3 Å². The van der Waals surface area contributed by atoms with Crippen LogP contribution in [0.2, 0.25) is 0 Å². The third-order valence-corrected chi connectivity index (χ3v) is 4.16. The van der Waals surface area contributed by atoms with E-state index in [4.69, 9.17) is 4.42 Å². The molecule has 0 saturated carbocycles. The Balaban J connectivity index is 1.66. The van der Waals surface area contributed by atoms with Crippen molar-refractivity contribution >= 4 is 5.97 Å². The summed E-state index contributed by atoms with van der Waals surface area (Å²) in [5, 5.41) is 11.3. The summed E-state index contributed by atoms with van der Waals surface area (Å²) in [6.45, 7) is 0. The van der Waals surface area contributed by atoms with Gasteiger partial charge < -0.3 is 14.3 Å². The van der Waals surface area contributed by atoms with Crippen LogP contribution in [0.3, 0.4) is 0 Å². The Morgan fingerprint density at radius 2 is 1.38 bits per heavy atom. The molecule has 0 N–H and O–H groups in total. The number of rotatable bonds is 4. The van der Waals surface area contributed by atoms with Gasteiger partial charge in [-0.3, -0.25) is 0 Å². The van der Waals surface area contributed by atoms with Crippen LogP contribution in [0, 0.1) is 0 Å². The minimum absolute atomic E-state index is 0.0559. The van der Waals surface area contributed by atoms with Gasteiger partial charge in [-0.25, -0.2) is 4.98 Å². The quantitative estimate of drug-likeness (QED) is 0.562. The lowest BCUT2D eigenvalue weighted by Crippen LogP contribution is -2.22. The molecule has 0 spiro atoms. The number of hydrogen-bond acceptors (Lipinski definition) is 4. The molecule has 0 aliphatic carbocycles. The number of benzene rings is 3. The van der Waals surface area contributed by atoms with Crippen LogP contribution >= 0.6 is 0 Å². The second-order valence-electron chi connectivity index (χ2n) is 5.81. The minimum Gasteiger partial charge on any atom is -0.545 e. The van der Waals surface area contributed by atoms with Crippen molar-refractivity contribution in [2.75, 3.05) is 0 Å². The fourth-order valence-electron chi connectivity index (χ4n) is 2.84. The van der Waals surface area contributed by atoms with Gasteiger partial charge in [-0.15, -0.1) is 0 Å². The predicted octanol–water partition coefficient (Wildman–Crippen LogP) is 4.04. The largest absolute Gasteiger partial charge is 0.545 e. The SMILES string of the molecule is O=C([O-])c1ccccc1-c1ncc(-c2ccc(-c3ccccc3)cc2)o1. The molecule has 4 heteroatoms. The van der Waals surface area contributed by atoms with Crippen molar-refractivity contribution in [2.24, 2.45) is 0 Å². The van der Waals surface area contributed by atoms with Crippen molar-refractivity contribution < 1.29 is 14.3 Å². The summed E-state index contributed by atoms with van der Waals surface area (Å²) in [4.78, 5) is 15.5. The van der Waals surface area contributed by atoms with Crippen molar-refractivity contribution in [3.63, 3.8) is 0 Å². The van der Waals surface area contributed by atoms with E-state index < -0.39 is 5.97 Å². The minimum atomic E-state index is -1.26. The highest BCUT2D eigenvalue weighted by Crippen LogP contribution is 2.29. The molecule has 0 radical (unpaired) electrons. The maximum atomic E-state index is 11.3. The first kappa shape index (κ1) is 15.8. The molecule has 26 heavy (non-hydrogen) atoms. The molecule has 1 aromatic heterocycles. The molecule has 4 rings (SSSR count). The van der Waals surface area contributed by atoms with Gasteiger partial charge in [-0.2, -0.15) is 0 Å². The van der Waals surface area contributed by atoms with E-state index in [9.17, 15) is 9.90 Å². The molecule has 0 amide bonds. The molecule has 0 fully saturated rings. The van der Waals surface area contributed by atoms with Gasteiger partial charge in [0.25, 0.3) is 0 Å². The summed E-state index contributed by atoms with van der Waals surface area (Å²) in [7, 11) is 0. The number of carboxylic acid groups (broad SMARTS) is 1.